The first kappa shape index (κ1) is 12.8. The molecular weight excluding hydrogens is 220 g/mol. The van der Waals surface area contributed by atoms with Crippen molar-refractivity contribution >= 4 is 0 Å². The van der Waals surface area contributed by atoms with Gasteiger partial charge in [0.15, 0.2) is 0 Å². The quantitative estimate of drug-likeness (QED) is 0.868. The molecule has 0 amide bonds. The molecule has 1 aromatic heterocycles. The fourth-order valence-corrected chi connectivity index (χ4v) is 2.17. The fourth-order valence-electron chi connectivity index (χ4n) is 2.17. The lowest BCUT2D eigenvalue weighted by Gasteiger charge is -2.17. The second kappa shape index (κ2) is 6.31. The first-order chi connectivity index (χ1) is 8.83. The third-order valence-electron chi connectivity index (χ3n) is 3.30. The Morgan fingerprint density at radius 1 is 1.11 bits per heavy atom. The highest BCUT2D eigenvalue weighted by Gasteiger charge is 2.10. The summed E-state index contributed by atoms with van der Waals surface area (Å²) in [5, 5.41) is 3.40. The molecule has 0 fully saturated rings. The molecule has 18 heavy (non-hydrogen) atoms. The molecule has 0 aliphatic rings. The third kappa shape index (κ3) is 3.17. The van der Waals surface area contributed by atoms with Crippen LogP contribution in [0.15, 0.2) is 48.8 Å². The van der Waals surface area contributed by atoms with Gasteiger partial charge in [-0.2, -0.15) is 0 Å². The van der Waals surface area contributed by atoms with Crippen LogP contribution in [-0.4, -0.2) is 12.0 Å². The van der Waals surface area contributed by atoms with Crippen molar-refractivity contribution in [2.45, 2.75) is 25.8 Å². The second-order valence-electron chi connectivity index (χ2n) is 4.50. The minimum absolute atomic E-state index is 0.360. The first-order valence-corrected chi connectivity index (χ1v) is 6.48. The molecule has 0 bridgehead atoms. The number of aromatic nitrogens is 1. The van der Waals surface area contributed by atoms with Crippen LogP contribution in [0.25, 0.3) is 0 Å². The Kier molecular flexibility index (Phi) is 4.48. The summed E-state index contributed by atoms with van der Waals surface area (Å²) in [6.07, 6.45) is 5.78. The van der Waals surface area contributed by atoms with Gasteiger partial charge in [-0.3, -0.25) is 4.98 Å². The summed E-state index contributed by atoms with van der Waals surface area (Å²) >= 11 is 0. The van der Waals surface area contributed by atoms with E-state index >= 15 is 0 Å². The molecule has 1 heterocycles. The van der Waals surface area contributed by atoms with Crippen molar-refractivity contribution in [1.29, 1.82) is 0 Å². The lowest BCUT2D eigenvalue weighted by Crippen LogP contribution is -2.19. The van der Waals surface area contributed by atoms with E-state index in [-0.39, 0.29) is 0 Å². The highest BCUT2D eigenvalue weighted by atomic mass is 14.9. The molecule has 1 unspecified atom stereocenters. The summed E-state index contributed by atoms with van der Waals surface area (Å²) in [6.45, 7) is 2.19. The van der Waals surface area contributed by atoms with E-state index in [1.807, 2.05) is 19.4 Å². The monoisotopic (exact) mass is 240 g/mol. The first-order valence-electron chi connectivity index (χ1n) is 6.48. The Labute approximate surface area is 109 Å². The van der Waals surface area contributed by atoms with E-state index in [0.29, 0.717) is 6.04 Å². The number of nitrogens with one attached hydrogen (secondary N) is 1. The van der Waals surface area contributed by atoms with Crippen molar-refractivity contribution in [3.8, 4) is 0 Å². The number of pyridine rings is 1. The number of rotatable bonds is 5. The predicted molar refractivity (Wildman–Crippen MR) is 75.6 cm³/mol. The van der Waals surface area contributed by atoms with Crippen LogP contribution in [0.1, 0.15) is 29.7 Å². The molecule has 0 saturated carbocycles. The van der Waals surface area contributed by atoms with E-state index in [4.69, 9.17) is 0 Å². The van der Waals surface area contributed by atoms with E-state index in [2.05, 4.69) is 53.6 Å². The number of hydrogen-bond acceptors (Lipinski definition) is 2. The van der Waals surface area contributed by atoms with E-state index in [0.717, 1.165) is 12.8 Å². The highest BCUT2D eigenvalue weighted by Crippen LogP contribution is 2.19. The Bertz CT molecular complexity index is 479. The zero-order chi connectivity index (χ0) is 12.8. The largest absolute Gasteiger partial charge is 0.313 e. The SMILES string of the molecule is CCc1cccc(C(Cc2ccncc2)NC)c1. The molecule has 0 radical (unpaired) electrons. The minimum atomic E-state index is 0.360. The maximum Gasteiger partial charge on any atom is 0.0358 e. The topological polar surface area (TPSA) is 24.9 Å². The van der Waals surface area contributed by atoms with Crippen LogP contribution in [0, 0.1) is 0 Å². The van der Waals surface area contributed by atoms with Crippen molar-refractivity contribution in [3.05, 3.63) is 65.5 Å². The van der Waals surface area contributed by atoms with Gasteiger partial charge in [0.1, 0.15) is 0 Å². The smallest absolute Gasteiger partial charge is 0.0358 e. The van der Waals surface area contributed by atoms with Gasteiger partial charge in [-0.1, -0.05) is 31.2 Å². The molecule has 0 aliphatic carbocycles. The molecule has 2 aromatic rings. The number of likely N-dealkylation sites (N-methyl/N-ethyl adjacent to an activating group) is 1. The van der Waals surface area contributed by atoms with Crippen LogP contribution in [0.2, 0.25) is 0 Å². The van der Waals surface area contributed by atoms with Gasteiger partial charge < -0.3 is 5.32 Å². The van der Waals surface area contributed by atoms with Crippen LogP contribution in [-0.2, 0) is 12.8 Å². The van der Waals surface area contributed by atoms with Gasteiger partial charge in [0, 0.05) is 18.4 Å². The predicted octanol–water partition coefficient (Wildman–Crippen LogP) is 3.15. The molecule has 2 heteroatoms. The molecule has 1 atom stereocenters. The van der Waals surface area contributed by atoms with Gasteiger partial charge in [-0.05, 0) is 48.7 Å². The molecule has 1 aromatic carbocycles. The fraction of sp³-hybridized carbons (Fsp3) is 0.312. The van der Waals surface area contributed by atoms with Crippen molar-refractivity contribution in [2.75, 3.05) is 7.05 Å². The van der Waals surface area contributed by atoms with Crippen LogP contribution in [0.5, 0.6) is 0 Å². The molecular formula is C16H20N2. The Hall–Kier alpha value is -1.67. The maximum atomic E-state index is 4.06. The van der Waals surface area contributed by atoms with E-state index < -0.39 is 0 Å². The second-order valence-corrected chi connectivity index (χ2v) is 4.50. The number of benzene rings is 1. The van der Waals surface area contributed by atoms with E-state index in [1.165, 1.54) is 16.7 Å². The van der Waals surface area contributed by atoms with Gasteiger partial charge >= 0.3 is 0 Å². The summed E-state index contributed by atoms with van der Waals surface area (Å²) in [5.41, 5.74) is 4.06. The molecule has 94 valence electrons. The Balaban J connectivity index is 2.17. The molecule has 1 N–H and O–H groups in total. The van der Waals surface area contributed by atoms with Crippen LogP contribution < -0.4 is 5.32 Å². The Morgan fingerprint density at radius 3 is 2.56 bits per heavy atom. The van der Waals surface area contributed by atoms with Crippen LogP contribution >= 0.6 is 0 Å². The molecule has 0 aliphatic heterocycles. The number of hydrogen-bond donors (Lipinski definition) is 1. The van der Waals surface area contributed by atoms with E-state index in [9.17, 15) is 0 Å². The highest BCUT2D eigenvalue weighted by molar-refractivity contribution is 5.27. The van der Waals surface area contributed by atoms with Crippen LogP contribution in [0.3, 0.4) is 0 Å². The van der Waals surface area contributed by atoms with Gasteiger partial charge in [-0.15, -0.1) is 0 Å². The number of nitrogens with zero attached hydrogens (tertiary/aromatic N) is 1. The summed E-state index contributed by atoms with van der Waals surface area (Å²) < 4.78 is 0. The normalized spacial score (nSPS) is 12.3. The van der Waals surface area contributed by atoms with Crippen molar-refractivity contribution in [3.63, 3.8) is 0 Å². The molecule has 0 spiro atoms. The summed E-state index contributed by atoms with van der Waals surface area (Å²) in [7, 11) is 2.02. The zero-order valence-corrected chi connectivity index (χ0v) is 11.1. The summed E-state index contributed by atoms with van der Waals surface area (Å²) in [4.78, 5) is 4.06. The average Bonchev–Trinajstić information content (AvgIpc) is 2.46. The van der Waals surface area contributed by atoms with Crippen molar-refractivity contribution < 1.29 is 0 Å². The molecule has 0 saturated heterocycles. The lowest BCUT2D eigenvalue weighted by molar-refractivity contribution is 0.591. The van der Waals surface area contributed by atoms with E-state index in [1.54, 1.807) is 0 Å². The van der Waals surface area contributed by atoms with Crippen molar-refractivity contribution in [1.82, 2.24) is 10.3 Å². The molecule has 2 rings (SSSR count). The third-order valence-corrected chi connectivity index (χ3v) is 3.30. The van der Waals surface area contributed by atoms with Gasteiger partial charge in [-0.25, -0.2) is 0 Å². The van der Waals surface area contributed by atoms with Gasteiger partial charge in [0.2, 0.25) is 0 Å². The lowest BCUT2D eigenvalue weighted by atomic mass is 9.97. The summed E-state index contributed by atoms with van der Waals surface area (Å²) in [5.74, 6) is 0. The van der Waals surface area contributed by atoms with Gasteiger partial charge in [0.05, 0.1) is 0 Å². The average molecular weight is 240 g/mol. The summed E-state index contributed by atoms with van der Waals surface area (Å²) in [6, 6.07) is 13.3. The van der Waals surface area contributed by atoms with Crippen LogP contribution in [0.4, 0.5) is 0 Å². The standard InChI is InChI=1S/C16H20N2/c1-3-13-5-4-6-15(11-13)16(17-2)12-14-7-9-18-10-8-14/h4-11,16-17H,3,12H2,1-2H3. The Morgan fingerprint density at radius 2 is 1.89 bits per heavy atom. The maximum absolute atomic E-state index is 4.06. The van der Waals surface area contributed by atoms with Crippen molar-refractivity contribution in [2.24, 2.45) is 0 Å². The zero-order valence-electron chi connectivity index (χ0n) is 11.1. The minimum Gasteiger partial charge on any atom is -0.313 e. The van der Waals surface area contributed by atoms with Gasteiger partial charge in [0.25, 0.3) is 0 Å². The number of aryl methyl sites for hydroxylation is 1. The molecule has 2 nitrogen and oxygen atoms in total.